The number of aryl methyl sites for hydroxylation is 1. The highest BCUT2D eigenvalue weighted by molar-refractivity contribution is 6.06. The fourth-order valence-corrected chi connectivity index (χ4v) is 2.93. The number of pyridine rings is 1. The van der Waals surface area contributed by atoms with Crippen molar-refractivity contribution in [3.05, 3.63) is 66.0 Å². The van der Waals surface area contributed by atoms with Gasteiger partial charge in [-0.25, -0.2) is 9.97 Å². The smallest absolute Gasteiger partial charge is 0.152 e. The maximum Gasteiger partial charge on any atom is 0.152 e. The van der Waals surface area contributed by atoms with Crippen molar-refractivity contribution in [2.75, 3.05) is 5.73 Å². The van der Waals surface area contributed by atoms with E-state index in [1.54, 1.807) is 0 Å². The minimum atomic E-state index is 0.489. The van der Waals surface area contributed by atoms with E-state index >= 15 is 0 Å². The van der Waals surface area contributed by atoms with Gasteiger partial charge in [-0.15, -0.1) is 0 Å². The first kappa shape index (κ1) is 12.8. The van der Waals surface area contributed by atoms with Crippen LogP contribution in [0.25, 0.3) is 21.9 Å². The summed E-state index contributed by atoms with van der Waals surface area (Å²) in [6, 6.07) is 18.4. The number of nitrogens with zero attached hydrogens (tertiary/aromatic N) is 3. The van der Waals surface area contributed by atoms with Crippen LogP contribution in [0, 0.1) is 6.92 Å². The highest BCUT2D eigenvalue weighted by Gasteiger charge is 2.15. The number of nitrogens with two attached hydrogens (primary N) is 1. The third kappa shape index (κ3) is 1.92. The van der Waals surface area contributed by atoms with Crippen LogP contribution in [0.4, 0.5) is 5.82 Å². The number of fused-ring (bicyclic) bond motifs is 3. The number of anilines is 1. The Morgan fingerprint density at radius 2 is 1.68 bits per heavy atom. The zero-order valence-electron chi connectivity index (χ0n) is 12.3. The molecule has 0 unspecified atom stereocenters. The Labute approximate surface area is 128 Å². The van der Waals surface area contributed by atoms with Crippen molar-refractivity contribution in [2.24, 2.45) is 0 Å². The molecule has 2 N–H and O–H groups in total. The van der Waals surface area contributed by atoms with E-state index in [0.717, 1.165) is 34.3 Å². The topological polar surface area (TPSA) is 56.7 Å². The van der Waals surface area contributed by atoms with Gasteiger partial charge in [-0.05, 0) is 18.6 Å². The van der Waals surface area contributed by atoms with Gasteiger partial charge in [0.05, 0.1) is 11.0 Å². The second kappa shape index (κ2) is 4.84. The first-order chi connectivity index (χ1) is 10.7. The average molecular weight is 288 g/mol. The second-order valence-electron chi connectivity index (χ2n) is 5.44. The largest absolute Gasteiger partial charge is 0.382 e. The average Bonchev–Trinajstić information content (AvgIpc) is 2.86. The highest BCUT2D eigenvalue weighted by Crippen LogP contribution is 2.29. The molecule has 4 aromatic rings. The fraction of sp³-hybridized carbons (Fsp3) is 0.111. The molecule has 22 heavy (non-hydrogen) atoms. The molecule has 4 rings (SSSR count). The van der Waals surface area contributed by atoms with Crippen molar-refractivity contribution in [1.82, 2.24) is 14.5 Å². The predicted molar refractivity (Wildman–Crippen MR) is 89.7 cm³/mol. The van der Waals surface area contributed by atoms with Gasteiger partial charge in [0.15, 0.2) is 5.82 Å². The van der Waals surface area contributed by atoms with Crippen LogP contribution in [-0.2, 0) is 6.54 Å². The van der Waals surface area contributed by atoms with Crippen molar-refractivity contribution in [2.45, 2.75) is 13.5 Å². The van der Waals surface area contributed by atoms with Crippen molar-refractivity contribution in [3.63, 3.8) is 0 Å². The van der Waals surface area contributed by atoms with Crippen molar-refractivity contribution in [3.8, 4) is 0 Å². The lowest BCUT2D eigenvalue weighted by Gasteiger charge is -2.09. The van der Waals surface area contributed by atoms with Crippen LogP contribution in [0.2, 0.25) is 0 Å². The predicted octanol–water partition coefficient (Wildman–Crippen LogP) is 3.52. The van der Waals surface area contributed by atoms with Gasteiger partial charge in [0, 0.05) is 11.9 Å². The quantitative estimate of drug-likeness (QED) is 0.614. The Morgan fingerprint density at radius 1 is 0.955 bits per heavy atom. The third-order valence-electron chi connectivity index (χ3n) is 3.98. The van der Waals surface area contributed by atoms with Crippen molar-refractivity contribution < 1.29 is 0 Å². The first-order valence-electron chi connectivity index (χ1n) is 7.29. The van der Waals surface area contributed by atoms with Crippen LogP contribution in [-0.4, -0.2) is 14.5 Å². The van der Waals surface area contributed by atoms with Gasteiger partial charge in [0.25, 0.3) is 0 Å². The summed E-state index contributed by atoms with van der Waals surface area (Å²) in [5.41, 5.74) is 10.1. The molecule has 0 saturated carbocycles. The van der Waals surface area contributed by atoms with E-state index in [-0.39, 0.29) is 0 Å². The van der Waals surface area contributed by atoms with Gasteiger partial charge in [0.2, 0.25) is 0 Å². The molecule has 4 nitrogen and oxygen atoms in total. The molecule has 0 saturated heterocycles. The highest BCUT2D eigenvalue weighted by atomic mass is 15.1. The number of imidazole rings is 1. The molecule has 4 heteroatoms. The number of nitrogen functional groups attached to an aromatic ring is 1. The van der Waals surface area contributed by atoms with E-state index in [1.807, 2.05) is 31.2 Å². The number of para-hydroxylation sites is 1. The number of hydrogen-bond acceptors (Lipinski definition) is 3. The zero-order valence-corrected chi connectivity index (χ0v) is 12.3. The minimum Gasteiger partial charge on any atom is -0.382 e. The van der Waals surface area contributed by atoms with Crippen molar-refractivity contribution >= 4 is 27.8 Å². The summed E-state index contributed by atoms with van der Waals surface area (Å²) >= 11 is 0. The summed E-state index contributed by atoms with van der Waals surface area (Å²) in [5.74, 6) is 1.44. The van der Waals surface area contributed by atoms with E-state index in [4.69, 9.17) is 5.73 Å². The monoisotopic (exact) mass is 288 g/mol. The summed E-state index contributed by atoms with van der Waals surface area (Å²) in [6.07, 6.45) is 0. The second-order valence-corrected chi connectivity index (χ2v) is 5.44. The molecule has 2 aromatic carbocycles. The van der Waals surface area contributed by atoms with Crippen LogP contribution in [0.3, 0.4) is 0 Å². The Balaban J connectivity index is 2.03. The van der Waals surface area contributed by atoms with Gasteiger partial charge >= 0.3 is 0 Å². The molecule has 2 heterocycles. The normalized spacial score (nSPS) is 11.3. The molecule has 0 aliphatic carbocycles. The standard InChI is InChI=1S/C18H16N4/c1-12-20-16-17(22(12)11-13-7-3-2-4-8-13)14-9-5-6-10-15(14)21-18(16)19/h2-10H,11H2,1H3,(H2,19,21). The van der Waals surface area contributed by atoms with Gasteiger partial charge in [-0.1, -0.05) is 48.5 Å². The number of rotatable bonds is 2. The van der Waals surface area contributed by atoms with Crippen LogP contribution in [0.5, 0.6) is 0 Å². The fourth-order valence-electron chi connectivity index (χ4n) is 2.93. The molecule has 2 aromatic heterocycles. The van der Waals surface area contributed by atoms with E-state index in [2.05, 4.69) is 44.9 Å². The molecule has 0 amide bonds. The number of aromatic nitrogens is 3. The maximum absolute atomic E-state index is 6.11. The van der Waals surface area contributed by atoms with E-state index in [1.165, 1.54) is 5.56 Å². The summed E-state index contributed by atoms with van der Waals surface area (Å²) in [4.78, 5) is 9.10. The molecule has 0 spiro atoms. The van der Waals surface area contributed by atoms with Gasteiger partial charge in [-0.2, -0.15) is 0 Å². The Hall–Kier alpha value is -2.88. The Kier molecular flexibility index (Phi) is 2.82. The molecular formula is C18H16N4. The lowest BCUT2D eigenvalue weighted by Crippen LogP contribution is -2.02. The van der Waals surface area contributed by atoms with E-state index < -0.39 is 0 Å². The zero-order chi connectivity index (χ0) is 15.1. The van der Waals surface area contributed by atoms with Crippen LogP contribution >= 0.6 is 0 Å². The van der Waals surface area contributed by atoms with Crippen LogP contribution in [0.1, 0.15) is 11.4 Å². The summed E-state index contributed by atoms with van der Waals surface area (Å²) < 4.78 is 2.21. The summed E-state index contributed by atoms with van der Waals surface area (Å²) in [6.45, 7) is 2.79. The number of hydrogen-bond donors (Lipinski definition) is 1. The number of benzene rings is 2. The Morgan fingerprint density at radius 3 is 2.50 bits per heavy atom. The van der Waals surface area contributed by atoms with Gasteiger partial charge in [0.1, 0.15) is 11.3 Å². The Bertz CT molecular complexity index is 971. The molecule has 0 fully saturated rings. The molecule has 0 bridgehead atoms. The molecular weight excluding hydrogens is 272 g/mol. The van der Waals surface area contributed by atoms with E-state index in [0.29, 0.717) is 5.82 Å². The molecule has 0 aliphatic rings. The van der Waals surface area contributed by atoms with Gasteiger partial charge < -0.3 is 10.3 Å². The molecule has 0 radical (unpaired) electrons. The lowest BCUT2D eigenvalue weighted by molar-refractivity contribution is 0.788. The molecule has 0 atom stereocenters. The van der Waals surface area contributed by atoms with Crippen molar-refractivity contribution in [1.29, 1.82) is 0 Å². The molecule has 108 valence electrons. The molecule has 0 aliphatic heterocycles. The first-order valence-corrected chi connectivity index (χ1v) is 7.29. The SMILES string of the molecule is Cc1nc2c(N)nc3ccccc3c2n1Cc1ccccc1. The maximum atomic E-state index is 6.11. The summed E-state index contributed by atoms with van der Waals surface area (Å²) in [5, 5.41) is 1.09. The van der Waals surface area contributed by atoms with Crippen LogP contribution < -0.4 is 5.73 Å². The van der Waals surface area contributed by atoms with Crippen LogP contribution in [0.15, 0.2) is 54.6 Å². The lowest BCUT2D eigenvalue weighted by atomic mass is 10.1. The van der Waals surface area contributed by atoms with E-state index in [9.17, 15) is 0 Å². The van der Waals surface area contributed by atoms with Gasteiger partial charge in [-0.3, -0.25) is 0 Å². The third-order valence-corrected chi connectivity index (χ3v) is 3.98. The minimum absolute atomic E-state index is 0.489. The summed E-state index contributed by atoms with van der Waals surface area (Å²) in [7, 11) is 0.